The van der Waals surface area contributed by atoms with Crippen molar-refractivity contribution >= 4 is 15.8 Å². The van der Waals surface area contributed by atoms with E-state index in [-0.39, 0.29) is 16.1 Å². The zero-order valence-electron chi connectivity index (χ0n) is 13.4. The molecule has 0 radical (unpaired) electrons. The SMILES string of the molecule is CC(=O)c1cccc(S(=O)(=O)NCC(C)(C)C[NH+](C)C)c1. The number of carbonyl (C=O) groups excluding carboxylic acids is 1. The summed E-state index contributed by atoms with van der Waals surface area (Å²) in [6.07, 6.45) is 0. The van der Waals surface area contributed by atoms with Crippen molar-refractivity contribution in [3.63, 3.8) is 0 Å². The number of sulfonamides is 1. The van der Waals surface area contributed by atoms with Crippen LogP contribution < -0.4 is 9.62 Å². The number of rotatable bonds is 7. The van der Waals surface area contributed by atoms with Crippen molar-refractivity contribution in [1.29, 1.82) is 0 Å². The molecule has 0 unspecified atom stereocenters. The highest BCUT2D eigenvalue weighted by Gasteiger charge is 2.25. The van der Waals surface area contributed by atoms with Gasteiger partial charge in [-0.05, 0) is 19.1 Å². The average molecular weight is 313 g/mol. The Balaban J connectivity index is 2.87. The van der Waals surface area contributed by atoms with Gasteiger partial charge in [0.1, 0.15) is 0 Å². The van der Waals surface area contributed by atoms with Crippen LogP contribution in [0.1, 0.15) is 31.1 Å². The second kappa shape index (κ2) is 6.68. The van der Waals surface area contributed by atoms with Gasteiger partial charge >= 0.3 is 0 Å². The first-order valence-corrected chi connectivity index (χ1v) is 8.41. The first-order chi connectivity index (χ1) is 9.53. The van der Waals surface area contributed by atoms with Crippen molar-refractivity contribution in [1.82, 2.24) is 4.72 Å². The van der Waals surface area contributed by atoms with E-state index in [1.54, 1.807) is 12.1 Å². The summed E-state index contributed by atoms with van der Waals surface area (Å²) in [5.41, 5.74) is 0.249. The summed E-state index contributed by atoms with van der Waals surface area (Å²) in [6, 6.07) is 6.11. The fourth-order valence-corrected chi connectivity index (χ4v) is 3.56. The minimum absolute atomic E-state index is 0.128. The lowest BCUT2D eigenvalue weighted by Crippen LogP contribution is -3.07. The molecule has 0 aliphatic heterocycles. The third-order valence-corrected chi connectivity index (χ3v) is 4.52. The van der Waals surface area contributed by atoms with Gasteiger partial charge in [0.05, 0.1) is 25.5 Å². The summed E-state index contributed by atoms with van der Waals surface area (Å²) in [4.78, 5) is 12.7. The lowest BCUT2D eigenvalue weighted by molar-refractivity contribution is -0.865. The summed E-state index contributed by atoms with van der Waals surface area (Å²) in [5.74, 6) is -0.149. The second-order valence-corrected chi connectivity index (χ2v) is 8.22. The molecule has 118 valence electrons. The third-order valence-electron chi connectivity index (χ3n) is 3.12. The zero-order valence-corrected chi connectivity index (χ0v) is 14.2. The molecule has 0 saturated heterocycles. The number of hydrogen-bond donors (Lipinski definition) is 2. The van der Waals surface area contributed by atoms with Crippen LogP contribution in [0.2, 0.25) is 0 Å². The van der Waals surface area contributed by atoms with Crippen molar-refractivity contribution in [3.05, 3.63) is 29.8 Å². The molecule has 2 N–H and O–H groups in total. The minimum Gasteiger partial charge on any atom is -0.339 e. The molecule has 1 aromatic carbocycles. The maximum absolute atomic E-state index is 12.3. The van der Waals surface area contributed by atoms with Gasteiger partial charge in [0, 0.05) is 17.5 Å². The summed E-state index contributed by atoms with van der Waals surface area (Å²) in [5, 5.41) is 0. The Kier molecular flexibility index (Phi) is 5.67. The third kappa shape index (κ3) is 5.57. The van der Waals surface area contributed by atoms with Crippen LogP contribution in [0.5, 0.6) is 0 Å². The van der Waals surface area contributed by atoms with Gasteiger partial charge in [-0.2, -0.15) is 0 Å². The minimum atomic E-state index is -3.60. The van der Waals surface area contributed by atoms with E-state index >= 15 is 0 Å². The van der Waals surface area contributed by atoms with Gasteiger partial charge in [0.15, 0.2) is 5.78 Å². The van der Waals surface area contributed by atoms with Gasteiger partial charge in [-0.1, -0.05) is 26.0 Å². The Morgan fingerprint density at radius 3 is 2.43 bits per heavy atom. The first-order valence-electron chi connectivity index (χ1n) is 6.93. The Bertz CT molecular complexity index is 607. The van der Waals surface area contributed by atoms with Crippen LogP contribution >= 0.6 is 0 Å². The highest BCUT2D eigenvalue weighted by molar-refractivity contribution is 7.89. The maximum Gasteiger partial charge on any atom is 0.240 e. The summed E-state index contributed by atoms with van der Waals surface area (Å²) in [6.45, 7) is 6.67. The molecule has 0 bridgehead atoms. The lowest BCUT2D eigenvalue weighted by atomic mass is 9.93. The molecular formula is C15H25N2O3S+. The molecule has 0 aliphatic rings. The van der Waals surface area contributed by atoms with Crippen molar-refractivity contribution in [2.75, 3.05) is 27.2 Å². The number of Topliss-reactive ketones (excluding diaryl/α,β-unsaturated/α-hetero) is 1. The number of nitrogens with one attached hydrogen (secondary N) is 2. The number of ketones is 1. The van der Waals surface area contributed by atoms with Crippen LogP contribution in [0, 0.1) is 5.41 Å². The van der Waals surface area contributed by atoms with Crippen molar-refractivity contribution < 1.29 is 18.1 Å². The molecule has 0 spiro atoms. The van der Waals surface area contributed by atoms with E-state index in [0.717, 1.165) is 6.54 Å². The van der Waals surface area contributed by atoms with E-state index < -0.39 is 10.0 Å². The molecule has 0 saturated carbocycles. The molecular weight excluding hydrogens is 288 g/mol. The van der Waals surface area contributed by atoms with Gasteiger partial charge < -0.3 is 4.90 Å². The topological polar surface area (TPSA) is 67.7 Å². The zero-order chi connectivity index (χ0) is 16.3. The maximum atomic E-state index is 12.3. The van der Waals surface area contributed by atoms with Crippen LogP contribution in [0.25, 0.3) is 0 Å². The van der Waals surface area contributed by atoms with Crippen LogP contribution in [-0.4, -0.2) is 41.4 Å². The first kappa shape index (κ1) is 17.8. The van der Waals surface area contributed by atoms with Crippen molar-refractivity contribution in [3.8, 4) is 0 Å². The molecule has 0 aromatic heterocycles. The van der Waals surface area contributed by atoms with Crippen LogP contribution in [-0.2, 0) is 10.0 Å². The molecule has 0 atom stereocenters. The van der Waals surface area contributed by atoms with Gasteiger partial charge in [0.25, 0.3) is 0 Å². The van der Waals surface area contributed by atoms with Crippen molar-refractivity contribution in [2.45, 2.75) is 25.7 Å². The van der Waals surface area contributed by atoms with E-state index in [1.165, 1.54) is 24.0 Å². The van der Waals surface area contributed by atoms with Gasteiger partial charge in [0.2, 0.25) is 10.0 Å². The molecule has 5 nitrogen and oxygen atoms in total. The van der Waals surface area contributed by atoms with Crippen LogP contribution in [0.4, 0.5) is 0 Å². The van der Waals surface area contributed by atoms with Crippen molar-refractivity contribution in [2.24, 2.45) is 5.41 Å². The van der Waals surface area contributed by atoms with E-state index in [9.17, 15) is 13.2 Å². The van der Waals surface area contributed by atoms with E-state index in [4.69, 9.17) is 0 Å². The quantitative estimate of drug-likeness (QED) is 0.713. The molecule has 6 heteroatoms. The second-order valence-electron chi connectivity index (χ2n) is 6.46. The van der Waals surface area contributed by atoms with Crippen LogP contribution in [0.15, 0.2) is 29.2 Å². The monoisotopic (exact) mass is 313 g/mol. The normalized spacial score (nSPS) is 12.7. The predicted octanol–water partition coefficient (Wildman–Crippen LogP) is 0.338. The standard InChI is InChI=1S/C15H24N2O3S/c1-12(18)13-7-6-8-14(9-13)21(19,20)16-10-15(2,3)11-17(4)5/h6-9,16H,10-11H2,1-5H3/p+1. The molecule has 0 amide bonds. The smallest absolute Gasteiger partial charge is 0.240 e. The number of carbonyl (C=O) groups is 1. The lowest BCUT2D eigenvalue weighted by Gasteiger charge is -2.26. The molecule has 1 rings (SSSR count). The summed E-state index contributed by atoms with van der Waals surface area (Å²) in [7, 11) is 0.472. The molecule has 1 aromatic rings. The number of quaternary nitrogens is 1. The molecule has 0 heterocycles. The fourth-order valence-electron chi connectivity index (χ4n) is 2.28. The Hall–Kier alpha value is -1.24. The van der Waals surface area contributed by atoms with Gasteiger partial charge in [-0.3, -0.25) is 4.79 Å². The largest absolute Gasteiger partial charge is 0.339 e. The average Bonchev–Trinajstić information content (AvgIpc) is 2.35. The highest BCUT2D eigenvalue weighted by atomic mass is 32.2. The summed E-state index contributed by atoms with van der Waals surface area (Å²) >= 11 is 0. The molecule has 21 heavy (non-hydrogen) atoms. The van der Waals surface area contributed by atoms with Gasteiger partial charge in [-0.25, -0.2) is 13.1 Å². The molecule has 0 aliphatic carbocycles. The Morgan fingerprint density at radius 1 is 1.29 bits per heavy atom. The number of hydrogen-bond acceptors (Lipinski definition) is 3. The Labute approximate surface area is 127 Å². The van der Waals surface area contributed by atoms with Gasteiger partial charge in [-0.15, -0.1) is 0 Å². The van der Waals surface area contributed by atoms with E-state index in [2.05, 4.69) is 4.72 Å². The fraction of sp³-hybridized carbons (Fsp3) is 0.533. The van der Waals surface area contributed by atoms with E-state index in [1.807, 2.05) is 27.9 Å². The highest BCUT2D eigenvalue weighted by Crippen LogP contribution is 2.15. The Morgan fingerprint density at radius 2 is 1.90 bits per heavy atom. The van der Waals surface area contributed by atoms with E-state index in [0.29, 0.717) is 12.1 Å². The molecule has 0 fully saturated rings. The predicted molar refractivity (Wildman–Crippen MR) is 83.1 cm³/mol. The summed E-state index contributed by atoms with van der Waals surface area (Å²) < 4.78 is 27.3. The number of benzene rings is 1. The van der Waals surface area contributed by atoms with Crippen LogP contribution in [0.3, 0.4) is 0 Å².